The number of aryl methyl sites for hydroxylation is 2. The Labute approximate surface area is 115 Å². The molecule has 0 saturated heterocycles. The van der Waals surface area contributed by atoms with Gasteiger partial charge < -0.3 is 0 Å². The minimum atomic E-state index is 0.775. The van der Waals surface area contributed by atoms with Crippen molar-refractivity contribution in [1.29, 1.82) is 0 Å². The zero-order chi connectivity index (χ0) is 12.5. The Bertz CT molecular complexity index is 293. The molecule has 1 heterocycles. The summed E-state index contributed by atoms with van der Waals surface area (Å²) in [6.45, 7) is 2.93. The first-order valence-corrected chi connectivity index (χ1v) is 7.55. The predicted molar refractivity (Wildman–Crippen MR) is 78.1 cm³/mol. The van der Waals surface area contributed by atoms with Gasteiger partial charge in [-0.2, -0.15) is 17.7 Å². The van der Waals surface area contributed by atoms with Gasteiger partial charge in [-0.05, 0) is 25.5 Å². The largest absolute Gasteiger partial charge is 0.271 e. The number of nitrogens with zero attached hydrogens (tertiary/aromatic N) is 2. The van der Waals surface area contributed by atoms with Crippen LogP contribution in [0.2, 0.25) is 5.02 Å². The van der Waals surface area contributed by atoms with Gasteiger partial charge in [0.05, 0.1) is 10.7 Å². The molecule has 4 heteroatoms. The molecule has 0 aliphatic carbocycles. The number of thiol groups is 1. The van der Waals surface area contributed by atoms with Crippen molar-refractivity contribution in [3.8, 4) is 0 Å². The van der Waals surface area contributed by atoms with E-state index in [1.165, 1.54) is 44.9 Å². The lowest BCUT2D eigenvalue weighted by Gasteiger charge is -2.02. The third-order valence-corrected chi connectivity index (χ3v) is 3.62. The summed E-state index contributed by atoms with van der Waals surface area (Å²) in [4.78, 5) is 0. The van der Waals surface area contributed by atoms with Crippen molar-refractivity contribution >= 4 is 24.2 Å². The minimum Gasteiger partial charge on any atom is -0.271 e. The summed E-state index contributed by atoms with van der Waals surface area (Å²) in [6.07, 6.45) is 11.0. The Morgan fingerprint density at radius 1 is 1.12 bits per heavy atom. The van der Waals surface area contributed by atoms with Crippen molar-refractivity contribution in [2.75, 3.05) is 5.75 Å². The number of rotatable bonds is 9. The molecule has 0 radical (unpaired) electrons. The lowest BCUT2D eigenvalue weighted by atomic mass is 10.1. The van der Waals surface area contributed by atoms with Crippen LogP contribution in [0.5, 0.6) is 0 Å². The number of unbranched alkanes of at least 4 members (excludes halogenated alkanes) is 6. The van der Waals surface area contributed by atoms with E-state index in [1.54, 1.807) is 0 Å². The quantitative estimate of drug-likeness (QED) is 0.518. The highest BCUT2D eigenvalue weighted by Crippen LogP contribution is 2.13. The summed E-state index contributed by atoms with van der Waals surface area (Å²) >= 11 is 10.2. The maximum absolute atomic E-state index is 5.95. The van der Waals surface area contributed by atoms with Crippen LogP contribution in [0.1, 0.15) is 50.6 Å². The molecule has 0 aliphatic rings. The Morgan fingerprint density at radius 3 is 2.24 bits per heavy atom. The molecule has 0 atom stereocenters. The van der Waals surface area contributed by atoms with Crippen molar-refractivity contribution in [3.05, 3.63) is 16.9 Å². The van der Waals surface area contributed by atoms with Crippen LogP contribution in [0.25, 0.3) is 0 Å². The number of hydrogen-bond acceptors (Lipinski definition) is 2. The predicted octanol–water partition coefficient (Wildman–Crippen LogP) is 4.51. The fraction of sp³-hybridized carbons (Fsp3) is 0.769. The fourth-order valence-electron chi connectivity index (χ4n) is 1.88. The monoisotopic (exact) mass is 274 g/mol. The summed E-state index contributed by atoms with van der Waals surface area (Å²) < 4.78 is 1.96. The molecular formula is C13H23ClN2S. The molecule has 1 rings (SSSR count). The van der Waals surface area contributed by atoms with E-state index < -0.39 is 0 Å². The normalized spacial score (nSPS) is 11.0. The molecule has 0 N–H and O–H groups in total. The molecule has 0 unspecified atom stereocenters. The molecule has 98 valence electrons. The molecule has 1 aromatic heterocycles. The van der Waals surface area contributed by atoms with E-state index in [1.807, 2.05) is 17.8 Å². The molecule has 0 saturated carbocycles. The molecule has 0 fully saturated rings. The van der Waals surface area contributed by atoms with E-state index in [2.05, 4.69) is 17.7 Å². The summed E-state index contributed by atoms with van der Waals surface area (Å²) in [6, 6.07) is 0. The van der Waals surface area contributed by atoms with Crippen molar-refractivity contribution in [2.45, 2.75) is 58.4 Å². The highest BCUT2D eigenvalue weighted by molar-refractivity contribution is 7.80. The van der Waals surface area contributed by atoms with E-state index >= 15 is 0 Å². The Morgan fingerprint density at radius 2 is 1.71 bits per heavy atom. The first kappa shape index (κ1) is 14.9. The standard InChI is InChI=1S/C13H23ClN2S/c1-12-13(14)11-16(15-12)9-7-5-3-2-4-6-8-10-17/h11,17H,2-10H2,1H3. The van der Waals surface area contributed by atoms with Gasteiger partial charge in [-0.15, -0.1) is 0 Å². The van der Waals surface area contributed by atoms with Crippen LogP contribution < -0.4 is 0 Å². The van der Waals surface area contributed by atoms with Gasteiger partial charge in [-0.3, -0.25) is 4.68 Å². The second-order valence-corrected chi connectivity index (χ2v) is 5.38. The average Bonchev–Trinajstić information content (AvgIpc) is 2.62. The molecule has 0 amide bonds. The Kier molecular flexibility index (Phi) is 7.78. The van der Waals surface area contributed by atoms with Crippen molar-refractivity contribution in [3.63, 3.8) is 0 Å². The maximum Gasteiger partial charge on any atom is 0.0814 e. The minimum absolute atomic E-state index is 0.775. The van der Waals surface area contributed by atoms with Crippen molar-refractivity contribution < 1.29 is 0 Å². The summed E-state index contributed by atoms with van der Waals surface area (Å²) in [5.41, 5.74) is 0.929. The van der Waals surface area contributed by atoms with Crippen molar-refractivity contribution in [1.82, 2.24) is 9.78 Å². The number of halogens is 1. The summed E-state index contributed by atoms with van der Waals surface area (Å²) in [7, 11) is 0. The average molecular weight is 275 g/mol. The molecule has 0 aliphatic heterocycles. The van der Waals surface area contributed by atoms with Crippen LogP contribution in [-0.2, 0) is 6.54 Å². The zero-order valence-corrected chi connectivity index (χ0v) is 12.3. The van der Waals surface area contributed by atoms with Crippen LogP contribution in [0, 0.1) is 6.92 Å². The van der Waals surface area contributed by atoms with Gasteiger partial charge in [0.1, 0.15) is 0 Å². The van der Waals surface area contributed by atoms with Gasteiger partial charge in [0, 0.05) is 12.7 Å². The van der Waals surface area contributed by atoms with Crippen LogP contribution in [0.4, 0.5) is 0 Å². The molecule has 0 bridgehead atoms. The second-order valence-electron chi connectivity index (χ2n) is 4.52. The first-order valence-electron chi connectivity index (χ1n) is 6.54. The van der Waals surface area contributed by atoms with Gasteiger partial charge in [0.25, 0.3) is 0 Å². The topological polar surface area (TPSA) is 17.8 Å². The lowest BCUT2D eigenvalue weighted by Crippen LogP contribution is -1.98. The third-order valence-electron chi connectivity index (χ3n) is 2.93. The fourth-order valence-corrected chi connectivity index (χ4v) is 2.25. The van der Waals surface area contributed by atoms with E-state index in [0.717, 1.165) is 23.0 Å². The SMILES string of the molecule is Cc1nn(CCCCCCCCCS)cc1Cl. The van der Waals surface area contributed by atoms with Gasteiger partial charge in [-0.25, -0.2) is 0 Å². The van der Waals surface area contributed by atoms with E-state index in [0.29, 0.717) is 0 Å². The Balaban J connectivity index is 1.97. The maximum atomic E-state index is 5.95. The highest BCUT2D eigenvalue weighted by Gasteiger charge is 2.00. The number of hydrogen-bond donors (Lipinski definition) is 1. The van der Waals surface area contributed by atoms with Crippen molar-refractivity contribution in [2.24, 2.45) is 0 Å². The van der Waals surface area contributed by atoms with Gasteiger partial charge in [0.2, 0.25) is 0 Å². The van der Waals surface area contributed by atoms with E-state index in [4.69, 9.17) is 11.6 Å². The zero-order valence-electron chi connectivity index (χ0n) is 10.7. The molecule has 2 nitrogen and oxygen atoms in total. The molecule has 0 spiro atoms. The highest BCUT2D eigenvalue weighted by atomic mass is 35.5. The molecule has 17 heavy (non-hydrogen) atoms. The van der Waals surface area contributed by atoms with E-state index in [-0.39, 0.29) is 0 Å². The van der Waals surface area contributed by atoms with Crippen LogP contribution >= 0.6 is 24.2 Å². The first-order chi connectivity index (χ1) is 8.24. The third kappa shape index (κ3) is 6.37. The second kappa shape index (κ2) is 8.87. The van der Waals surface area contributed by atoms with Crippen LogP contribution in [-0.4, -0.2) is 15.5 Å². The molecule has 0 aromatic carbocycles. The Hall–Kier alpha value is -0.150. The molecular weight excluding hydrogens is 252 g/mol. The molecule has 1 aromatic rings. The van der Waals surface area contributed by atoms with E-state index in [9.17, 15) is 0 Å². The van der Waals surface area contributed by atoms with Gasteiger partial charge in [-0.1, -0.05) is 43.7 Å². The van der Waals surface area contributed by atoms with Crippen LogP contribution in [0.15, 0.2) is 6.20 Å². The van der Waals surface area contributed by atoms with Gasteiger partial charge in [0.15, 0.2) is 0 Å². The van der Waals surface area contributed by atoms with Crippen LogP contribution in [0.3, 0.4) is 0 Å². The number of aromatic nitrogens is 2. The summed E-state index contributed by atoms with van der Waals surface area (Å²) in [5, 5.41) is 5.12. The smallest absolute Gasteiger partial charge is 0.0814 e. The van der Waals surface area contributed by atoms with Gasteiger partial charge >= 0.3 is 0 Å². The lowest BCUT2D eigenvalue weighted by molar-refractivity contribution is 0.522. The summed E-state index contributed by atoms with van der Waals surface area (Å²) in [5.74, 6) is 1.03.